The Balaban J connectivity index is 1.38. The number of carbonyl (C=O) groups is 1. The summed E-state index contributed by atoms with van der Waals surface area (Å²) in [6.45, 7) is -0.209. The molecule has 164 valence electrons. The van der Waals surface area contributed by atoms with Crippen LogP contribution < -0.4 is 11.0 Å². The number of benzene rings is 3. The van der Waals surface area contributed by atoms with E-state index in [4.69, 9.17) is 5.26 Å². The van der Waals surface area contributed by atoms with Gasteiger partial charge in [-0.15, -0.1) is 11.3 Å². The van der Waals surface area contributed by atoms with Crippen molar-refractivity contribution in [1.29, 1.82) is 5.26 Å². The highest BCUT2D eigenvalue weighted by atomic mass is 32.1. The van der Waals surface area contributed by atoms with E-state index in [0.717, 1.165) is 27.5 Å². The Morgan fingerprint density at radius 1 is 1.12 bits per heavy atom. The van der Waals surface area contributed by atoms with Gasteiger partial charge < -0.3 is 0 Å². The highest BCUT2D eigenvalue weighted by Gasteiger charge is 2.15. The van der Waals surface area contributed by atoms with E-state index in [1.54, 1.807) is 24.3 Å². The zero-order valence-electron chi connectivity index (χ0n) is 17.8. The predicted molar refractivity (Wildman–Crippen MR) is 134 cm³/mol. The van der Waals surface area contributed by atoms with Crippen LogP contribution in [0.1, 0.15) is 11.1 Å². The van der Waals surface area contributed by atoms with Crippen LogP contribution in [0.3, 0.4) is 0 Å². The Labute approximate surface area is 198 Å². The number of nitrogens with zero attached hydrogens (tertiary/aromatic N) is 4. The molecule has 0 aliphatic heterocycles. The van der Waals surface area contributed by atoms with E-state index in [-0.39, 0.29) is 12.1 Å². The third kappa shape index (κ3) is 4.20. The van der Waals surface area contributed by atoms with Gasteiger partial charge in [-0.3, -0.25) is 14.2 Å². The molecule has 1 N–H and O–H groups in total. The number of aromatic nitrogens is 2. The van der Waals surface area contributed by atoms with Crippen molar-refractivity contribution in [3.63, 3.8) is 0 Å². The number of hydrazone groups is 1. The maximum atomic E-state index is 13.2. The second kappa shape index (κ2) is 9.10. The Hall–Kier alpha value is -4.61. The van der Waals surface area contributed by atoms with Crippen molar-refractivity contribution in [2.24, 2.45) is 5.10 Å². The van der Waals surface area contributed by atoms with Gasteiger partial charge in [0.2, 0.25) is 0 Å². The Morgan fingerprint density at radius 3 is 2.71 bits per heavy atom. The molecule has 0 saturated carbocycles. The number of hydrogen-bond donors (Lipinski definition) is 1. The van der Waals surface area contributed by atoms with Gasteiger partial charge in [-0.05, 0) is 40.1 Å². The minimum atomic E-state index is -0.448. The van der Waals surface area contributed by atoms with E-state index >= 15 is 0 Å². The second-order valence-electron chi connectivity index (χ2n) is 7.60. The Morgan fingerprint density at radius 2 is 1.91 bits per heavy atom. The van der Waals surface area contributed by atoms with Crippen molar-refractivity contribution in [2.45, 2.75) is 6.54 Å². The number of rotatable bonds is 5. The average molecular weight is 464 g/mol. The molecule has 0 unspecified atom stereocenters. The van der Waals surface area contributed by atoms with Crippen molar-refractivity contribution in [1.82, 2.24) is 15.0 Å². The first kappa shape index (κ1) is 21.2. The summed E-state index contributed by atoms with van der Waals surface area (Å²) in [5.74, 6) is -0.448. The topological polar surface area (TPSA) is 100 Å². The summed E-state index contributed by atoms with van der Waals surface area (Å²) in [7, 11) is 0. The zero-order valence-corrected chi connectivity index (χ0v) is 18.6. The molecule has 0 radical (unpaired) electrons. The highest BCUT2D eigenvalue weighted by molar-refractivity contribution is 7.17. The second-order valence-corrected chi connectivity index (χ2v) is 8.45. The molecule has 0 aliphatic carbocycles. The number of nitrogens with one attached hydrogen (secondary N) is 1. The molecule has 0 aliphatic rings. The molecule has 2 aromatic heterocycles. The van der Waals surface area contributed by atoms with Crippen molar-refractivity contribution in [3.8, 4) is 17.2 Å². The van der Waals surface area contributed by atoms with Crippen LogP contribution in [0.2, 0.25) is 0 Å². The normalized spacial score (nSPS) is 11.1. The average Bonchev–Trinajstić information content (AvgIpc) is 3.31. The first-order valence-corrected chi connectivity index (χ1v) is 11.3. The van der Waals surface area contributed by atoms with Crippen LogP contribution in [-0.4, -0.2) is 21.7 Å². The molecular formula is C26H17N5O2S. The molecule has 5 aromatic rings. The number of nitriles is 1. The smallest absolute Gasteiger partial charge is 0.263 e. The third-order valence-corrected chi connectivity index (χ3v) is 6.26. The van der Waals surface area contributed by atoms with E-state index in [1.165, 1.54) is 28.4 Å². The van der Waals surface area contributed by atoms with Gasteiger partial charge in [0.25, 0.3) is 11.5 Å². The lowest BCUT2D eigenvalue weighted by atomic mass is 10.0. The minimum Gasteiger partial charge on any atom is -0.289 e. The molecule has 7 nitrogen and oxygen atoms in total. The lowest BCUT2D eigenvalue weighted by Crippen LogP contribution is -2.30. The van der Waals surface area contributed by atoms with E-state index in [9.17, 15) is 9.59 Å². The van der Waals surface area contributed by atoms with E-state index < -0.39 is 5.91 Å². The van der Waals surface area contributed by atoms with Crippen LogP contribution in [0.4, 0.5) is 0 Å². The number of fused-ring (bicyclic) bond motifs is 2. The molecule has 34 heavy (non-hydrogen) atoms. The van der Waals surface area contributed by atoms with E-state index in [1.807, 2.05) is 47.8 Å². The van der Waals surface area contributed by atoms with Gasteiger partial charge in [0.15, 0.2) is 0 Å². The van der Waals surface area contributed by atoms with Crippen LogP contribution in [0.5, 0.6) is 0 Å². The fraction of sp³-hybridized carbons (Fsp3) is 0.0385. The molecular weight excluding hydrogens is 446 g/mol. The monoisotopic (exact) mass is 463 g/mol. The van der Waals surface area contributed by atoms with Gasteiger partial charge >= 0.3 is 0 Å². The molecule has 5 rings (SSSR count). The third-order valence-electron chi connectivity index (χ3n) is 5.38. The first-order valence-electron chi connectivity index (χ1n) is 10.4. The summed E-state index contributed by atoms with van der Waals surface area (Å²) < 4.78 is 1.28. The van der Waals surface area contributed by atoms with E-state index in [2.05, 4.69) is 21.6 Å². The molecule has 0 spiro atoms. The quantitative estimate of drug-likeness (QED) is 0.310. The number of thiophene rings is 1. The molecule has 0 atom stereocenters. The zero-order chi connectivity index (χ0) is 23.5. The lowest BCUT2D eigenvalue weighted by Gasteiger charge is -2.06. The Kier molecular flexibility index (Phi) is 5.68. The summed E-state index contributed by atoms with van der Waals surface area (Å²) in [5, 5.41) is 17.4. The van der Waals surface area contributed by atoms with Crippen molar-refractivity contribution in [2.75, 3.05) is 0 Å². The fourth-order valence-corrected chi connectivity index (χ4v) is 4.57. The molecule has 0 saturated heterocycles. The lowest BCUT2D eigenvalue weighted by molar-refractivity contribution is -0.121. The summed E-state index contributed by atoms with van der Waals surface area (Å²) >= 11 is 1.40. The van der Waals surface area contributed by atoms with Gasteiger partial charge in [-0.2, -0.15) is 10.4 Å². The van der Waals surface area contributed by atoms with Crippen LogP contribution in [0, 0.1) is 11.3 Å². The van der Waals surface area contributed by atoms with E-state index in [0.29, 0.717) is 15.8 Å². The predicted octanol–water partition coefficient (Wildman–Crippen LogP) is 4.30. The van der Waals surface area contributed by atoms with Crippen LogP contribution in [0.15, 0.2) is 88.3 Å². The summed E-state index contributed by atoms with van der Waals surface area (Å²) in [6, 6.07) is 22.9. The molecule has 3 aromatic carbocycles. The van der Waals surface area contributed by atoms with Gasteiger partial charge in [-0.25, -0.2) is 10.4 Å². The summed E-state index contributed by atoms with van der Waals surface area (Å²) in [6.07, 6.45) is 2.86. The van der Waals surface area contributed by atoms with Gasteiger partial charge in [0.1, 0.15) is 11.4 Å². The number of hydrogen-bond acceptors (Lipinski definition) is 6. The summed E-state index contributed by atoms with van der Waals surface area (Å²) in [4.78, 5) is 30.6. The maximum absolute atomic E-state index is 13.2. The van der Waals surface area contributed by atoms with Crippen LogP contribution in [0.25, 0.3) is 32.1 Å². The minimum absolute atomic E-state index is 0.209. The van der Waals surface area contributed by atoms with Crippen LogP contribution in [-0.2, 0) is 11.3 Å². The number of carbonyl (C=O) groups excluding carboxylic acids is 1. The van der Waals surface area contributed by atoms with Crippen molar-refractivity contribution in [3.05, 3.63) is 99.9 Å². The van der Waals surface area contributed by atoms with Crippen LogP contribution >= 0.6 is 11.3 Å². The van der Waals surface area contributed by atoms with Gasteiger partial charge in [0.05, 0.1) is 29.6 Å². The Bertz CT molecular complexity index is 1660. The largest absolute Gasteiger partial charge is 0.289 e. The first-order chi connectivity index (χ1) is 16.6. The SMILES string of the molecule is N#Cc1ccc(/C=N/NC(=O)Cn2cnc3scc(-c4ccc5ccccc5c4)c3c2=O)cc1. The highest BCUT2D eigenvalue weighted by Crippen LogP contribution is 2.32. The molecule has 1 amide bonds. The molecule has 2 heterocycles. The molecule has 0 bridgehead atoms. The van der Waals surface area contributed by atoms with Gasteiger partial charge in [0, 0.05) is 10.9 Å². The standard InChI is InChI=1S/C26H17N5O2S/c27-12-17-5-7-18(8-6-17)13-29-30-23(32)14-31-16-28-25-24(26(31)33)22(15-34-25)21-10-9-19-3-1-2-4-20(19)11-21/h1-11,13,15-16H,14H2,(H,30,32)/b29-13+. The van der Waals surface area contributed by atoms with Crippen molar-refractivity contribution >= 4 is 44.4 Å². The number of amides is 1. The fourth-order valence-electron chi connectivity index (χ4n) is 3.66. The molecule has 8 heteroatoms. The summed E-state index contributed by atoms with van der Waals surface area (Å²) in [5.41, 5.74) is 5.15. The van der Waals surface area contributed by atoms with Gasteiger partial charge in [-0.1, -0.05) is 48.5 Å². The van der Waals surface area contributed by atoms with Crippen molar-refractivity contribution < 1.29 is 4.79 Å². The maximum Gasteiger partial charge on any atom is 0.263 e. The molecule has 0 fully saturated rings.